The van der Waals surface area contributed by atoms with E-state index in [1.165, 1.54) is 0 Å². The lowest BCUT2D eigenvalue weighted by atomic mass is 10.1. The molecule has 3 aromatic rings. The lowest BCUT2D eigenvalue weighted by molar-refractivity contribution is -0.120. The van der Waals surface area contributed by atoms with E-state index in [-0.39, 0.29) is 12.3 Å². The molecular weight excluding hydrogens is 390 g/mol. The van der Waals surface area contributed by atoms with Crippen LogP contribution in [-0.2, 0) is 17.8 Å². The summed E-state index contributed by atoms with van der Waals surface area (Å²) in [5, 5.41) is 13.2. The van der Waals surface area contributed by atoms with E-state index in [1.54, 1.807) is 12.3 Å². The molecule has 0 aliphatic carbocycles. The number of amides is 1. The molecule has 0 aliphatic heterocycles. The second-order valence-corrected chi connectivity index (χ2v) is 6.68. The summed E-state index contributed by atoms with van der Waals surface area (Å²) in [4.78, 5) is 12.1. The molecule has 0 atom stereocenters. The number of rotatable bonds is 9. The summed E-state index contributed by atoms with van der Waals surface area (Å²) in [6.07, 6.45) is 1.79. The van der Waals surface area contributed by atoms with Crippen LogP contribution >= 0.6 is 0 Å². The molecule has 0 unspecified atom stereocenters. The van der Waals surface area contributed by atoms with Gasteiger partial charge in [-0.2, -0.15) is 10.4 Å². The van der Waals surface area contributed by atoms with E-state index >= 15 is 0 Å². The molecule has 0 bridgehead atoms. The van der Waals surface area contributed by atoms with Gasteiger partial charge in [0.1, 0.15) is 18.1 Å². The average molecular weight is 413 g/mol. The van der Waals surface area contributed by atoms with Gasteiger partial charge in [0.2, 0.25) is 5.91 Å². The Labute approximate surface area is 181 Å². The number of nitrogens with zero attached hydrogens (tertiary/aromatic N) is 2. The minimum atomic E-state index is -0.207. The monoisotopic (exact) mass is 413 g/mol. The van der Waals surface area contributed by atoms with Crippen LogP contribution in [0, 0.1) is 11.3 Å². The summed E-state index contributed by atoms with van der Waals surface area (Å²) in [5.41, 5.74) is 5.62. The molecule has 0 heterocycles. The van der Waals surface area contributed by atoms with Crippen LogP contribution < -0.4 is 14.9 Å². The first-order valence-corrected chi connectivity index (χ1v) is 9.92. The van der Waals surface area contributed by atoms with Crippen molar-refractivity contribution in [2.75, 3.05) is 6.61 Å². The van der Waals surface area contributed by atoms with Gasteiger partial charge in [0.25, 0.3) is 0 Å². The maximum atomic E-state index is 12.1. The number of hydrogen-bond donors (Lipinski definition) is 1. The van der Waals surface area contributed by atoms with E-state index < -0.39 is 0 Å². The fourth-order valence-corrected chi connectivity index (χ4v) is 2.87. The second kappa shape index (κ2) is 11.2. The van der Waals surface area contributed by atoms with Gasteiger partial charge in [-0.15, -0.1) is 0 Å². The number of benzene rings is 3. The SMILES string of the molecule is CCOc1ccc(CC(=O)N/N=C\c2cccc(OCc3ccccc3C#N)c2)cc1. The Balaban J connectivity index is 1.51. The van der Waals surface area contributed by atoms with Crippen LogP contribution in [0.2, 0.25) is 0 Å². The molecule has 3 rings (SSSR count). The van der Waals surface area contributed by atoms with Crippen LogP contribution in [0.15, 0.2) is 77.9 Å². The Bertz CT molecular complexity index is 1090. The third-order valence-corrected chi connectivity index (χ3v) is 4.39. The van der Waals surface area contributed by atoms with Crippen LogP contribution in [-0.4, -0.2) is 18.7 Å². The Morgan fingerprint density at radius 2 is 1.84 bits per heavy atom. The number of nitriles is 1. The molecule has 0 fully saturated rings. The zero-order valence-corrected chi connectivity index (χ0v) is 17.2. The molecule has 0 saturated carbocycles. The summed E-state index contributed by atoms with van der Waals surface area (Å²) in [6.45, 7) is 2.83. The summed E-state index contributed by atoms with van der Waals surface area (Å²) in [5.74, 6) is 1.22. The molecule has 0 aliphatic rings. The second-order valence-electron chi connectivity index (χ2n) is 6.68. The Morgan fingerprint density at radius 3 is 2.61 bits per heavy atom. The zero-order valence-electron chi connectivity index (χ0n) is 17.2. The molecule has 0 aromatic heterocycles. The van der Waals surface area contributed by atoms with Crippen LogP contribution in [0.3, 0.4) is 0 Å². The van der Waals surface area contributed by atoms with Crippen LogP contribution in [0.4, 0.5) is 0 Å². The van der Waals surface area contributed by atoms with E-state index in [0.717, 1.165) is 22.4 Å². The van der Waals surface area contributed by atoms with Gasteiger partial charge < -0.3 is 9.47 Å². The van der Waals surface area contributed by atoms with Crippen LogP contribution in [0.25, 0.3) is 0 Å². The van der Waals surface area contributed by atoms with Gasteiger partial charge in [-0.05, 0) is 48.4 Å². The van der Waals surface area contributed by atoms with Crippen LogP contribution in [0.5, 0.6) is 11.5 Å². The fourth-order valence-electron chi connectivity index (χ4n) is 2.87. The first-order valence-electron chi connectivity index (χ1n) is 9.92. The van der Waals surface area contributed by atoms with Crippen molar-refractivity contribution >= 4 is 12.1 Å². The molecule has 0 saturated heterocycles. The standard InChI is InChI=1S/C25H23N3O3/c1-2-30-23-12-10-19(11-13-23)15-25(29)28-27-17-20-6-5-9-24(14-20)31-18-22-8-4-3-7-21(22)16-26/h3-14,17H,2,15,18H2,1H3,(H,28,29)/b27-17-. The van der Waals surface area contributed by atoms with E-state index in [0.29, 0.717) is 24.5 Å². The normalized spacial score (nSPS) is 10.5. The van der Waals surface area contributed by atoms with Gasteiger partial charge in [0.05, 0.1) is 30.9 Å². The maximum Gasteiger partial charge on any atom is 0.244 e. The van der Waals surface area contributed by atoms with Gasteiger partial charge in [0, 0.05) is 5.56 Å². The predicted molar refractivity (Wildman–Crippen MR) is 119 cm³/mol. The van der Waals surface area contributed by atoms with Crippen molar-refractivity contribution in [1.29, 1.82) is 5.26 Å². The van der Waals surface area contributed by atoms with E-state index in [1.807, 2.05) is 73.7 Å². The van der Waals surface area contributed by atoms with Crippen molar-refractivity contribution in [1.82, 2.24) is 5.43 Å². The molecule has 0 spiro atoms. The number of nitrogens with one attached hydrogen (secondary N) is 1. The number of carbonyl (C=O) groups is 1. The van der Waals surface area contributed by atoms with E-state index in [2.05, 4.69) is 16.6 Å². The third kappa shape index (κ3) is 6.72. The minimum Gasteiger partial charge on any atom is -0.494 e. The first kappa shape index (κ1) is 21.6. The molecule has 6 nitrogen and oxygen atoms in total. The first-order chi connectivity index (χ1) is 15.2. The van der Waals surface area contributed by atoms with Crippen molar-refractivity contribution in [3.8, 4) is 17.6 Å². The zero-order chi connectivity index (χ0) is 21.9. The number of hydrazone groups is 1. The minimum absolute atomic E-state index is 0.207. The lowest BCUT2D eigenvalue weighted by Crippen LogP contribution is -2.19. The Hall–Kier alpha value is -4.11. The maximum absolute atomic E-state index is 12.1. The Morgan fingerprint density at radius 1 is 1.03 bits per heavy atom. The molecule has 3 aromatic carbocycles. The average Bonchev–Trinajstić information content (AvgIpc) is 2.79. The highest BCUT2D eigenvalue weighted by Gasteiger charge is 2.04. The molecule has 6 heteroatoms. The summed E-state index contributed by atoms with van der Waals surface area (Å²) >= 11 is 0. The molecule has 1 amide bonds. The van der Waals surface area contributed by atoms with E-state index in [9.17, 15) is 4.79 Å². The molecule has 31 heavy (non-hydrogen) atoms. The summed E-state index contributed by atoms with van der Waals surface area (Å²) in [6, 6.07) is 24.2. The smallest absolute Gasteiger partial charge is 0.244 e. The molecule has 1 N–H and O–H groups in total. The third-order valence-electron chi connectivity index (χ3n) is 4.39. The van der Waals surface area contributed by atoms with E-state index in [4.69, 9.17) is 14.7 Å². The van der Waals surface area contributed by atoms with Crippen LogP contribution in [0.1, 0.15) is 29.2 Å². The topological polar surface area (TPSA) is 83.7 Å². The van der Waals surface area contributed by atoms with Gasteiger partial charge in [-0.1, -0.05) is 42.5 Å². The highest BCUT2D eigenvalue weighted by molar-refractivity contribution is 5.83. The van der Waals surface area contributed by atoms with Crippen molar-refractivity contribution in [3.63, 3.8) is 0 Å². The van der Waals surface area contributed by atoms with Crippen molar-refractivity contribution in [2.24, 2.45) is 5.10 Å². The van der Waals surface area contributed by atoms with Crippen molar-refractivity contribution in [3.05, 3.63) is 95.1 Å². The quantitative estimate of drug-likeness (QED) is 0.420. The largest absolute Gasteiger partial charge is 0.494 e. The number of hydrogen-bond acceptors (Lipinski definition) is 5. The highest BCUT2D eigenvalue weighted by atomic mass is 16.5. The van der Waals surface area contributed by atoms with Crippen molar-refractivity contribution in [2.45, 2.75) is 20.0 Å². The van der Waals surface area contributed by atoms with Crippen molar-refractivity contribution < 1.29 is 14.3 Å². The number of carbonyl (C=O) groups excluding carboxylic acids is 1. The Kier molecular flexibility index (Phi) is 7.78. The fraction of sp³-hybridized carbons (Fsp3) is 0.160. The number of ether oxygens (including phenoxy) is 2. The molecule has 156 valence electrons. The molecule has 0 radical (unpaired) electrons. The predicted octanol–water partition coefficient (Wildman–Crippen LogP) is 4.23. The lowest BCUT2D eigenvalue weighted by Gasteiger charge is -2.08. The van der Waals surface area contributed by atoms with Gasteiger partial charge in [-0.25, -0.2) is 5.43 Å². The van der Waals surface area contributed by atoms with Gasteiger partial charge >= 0.3 is 0 Å². The summed E-state index contributed by atoms with van der Waals surface area (Å²) in [7, 11) is 0. The summed E-state index contributed by atoms with van der Waals surface area (Å²) < 4.78 is 11.2. The highest BCUT2D eigenvalue weighted by Crippen LogP contribution is 2.16. The molecular formula is C25H23N3O3. The van der Waals surface area contributed by atoms with Gasteiger partial charge in [0.15, 0.2) is 0 Å². The van der Waals surface area contributed by atoms with Gasteiger partial charge in [-0.3, -0.25) is 4.79 Å².